The van der Waals surface area contributed by atoms with Crippen LogP contribution in [0.25, 0.3) is 0 Å². The fourth-order valence-corrected chi connectivity index (χ4v) is 4.32. The lowest BCUT2D eigenvalue weighted by Gasteiger charge is -2.36. The molecule has 1 aromatic rings. The molecule has 0 radical (unpaired) electrons. The molecule has 0 unspecified atom stereocenters. The molecule has 2 bridgehead atoms. The molecule has 3 atom stereocenters. The minimum atomic E-state index is 0.892. The first-order chi connectivity index (χ1) is 10.4. The first-order valence-corrected chi connectivity index (χ1v) is 8.39. The number of hydrogen-bond acceptors (Lipinski definition) is 3. The molecule has 1 aromatic heterocycles. The van der Waals surface area contributed by atoms with E-state index in [1.165, 1.54) is 51.1 Å². The van der Waals surface area contributed by atoms with Gasteiger partial charge in [-0.2, -0.15) is 0 Å². The monoisotopic (exact) mass is 283 g/mol. The topological polar surface area (TPSA) is 19.4 Å². The van der Waals surface area contributed by atoms with Crippen LogP contribution in [0.5, 0.6) is 0 Å². The third-order valence-corrected chi connectivity index (χ3v) is 5.50. The summed E-state index contributed by atoms with van der Waals surface area (Å²) in [6.07, 6.45) is 11.7. The van der Waals surface area contributed by atoms with Crippen LogP contribution in [-0.4, -0.2) is 47.5 Å². The molecule has 1 saturated heterocycles. The van der Waals surface area contributed by atoms with Crippen molar-refractivity contribution < 1.29 is 0 Å². The summed E-state index contributed by atoms with van der Waals surface area (Å²) in [5.41, 5.74) is 1.34. The molecule has 1 aliphatic heterocycles. The lowest BCUT2D eigenvalue weighted by Crippen LogP contribution is -2.47. The van der Waals surface area contributed by atoms with Gasteiger partial charge in [0.05, 0.1) is 0 Å². The van der Waals surface area contributed by atoms with Crippen LogP contribution in [0.15, 0.2) is 36.7 Å². The zero-order valence-corrected chi connectivity index (χ0v) is 12.7. The highest BCUT2D eigenvalue weighted by Gasteiger charge is 2.36. The maximum atomic E-state index is 4.21. The molecule has 21 heavy (non-hydrogen) atoms. The zero-order valence-electron chi connectivity index (χ0n) is 12.7. The van der Waals surface area contributed by atoms with Crippen LogP contribution < -0.4 is 0 Å². The number of hydrogen-bond donors (Lipinski definition) is 0. The number of piperazine rings is 1. The number of aromatic nitrogens is 1. The van der Waals surface area contributed by atoms with Crippen molar-refractivity contribution in [1.29, 1.82) is 0 Å². The van der Waals surface area contributed by atoms with Gasteiger partial charge in [0.2, 0.25) is 0 Å². The molecule has 3 aliphatic rings. The molecule has 3 heteroatoms. The van der Waals surface area contributed by atoms with Crippen LogP contribution in [0.2, 0.25) is 0 Å². The third kappa shape index (κ3) is 3.04. The van der Waals surface area contributed by atoms with E-state index in [2.05, 4.69) is 33.0 Å². The first kappa shape index (κ1) is 13.5. The average Bonchev–Trinajstić information content (AvgIpc) is 3.13. The number of nitrogens with zero attached hydrogens (tertiary/aromatic N) is 3. The van der Waals surface area contributed by atoms with E-state index in [9.17, 15) is 0 Å². The predicted molar refractivity (Wildman–Crippen MR) is 84.8 cm³/mol. The van der Waals surface area contributed by atoms with Crippen LogP contribution in [0.1, 0.15) is 18.4 Å². The van der Waals surface area contributed by atoms with Crippen molar-refractivity contribution in [2.45, 2.75) is 19.4 Å². The van der Waals surface area contributed by atoms with Gasteiger partial charge in [-0.15, -0.1) is 0 Å². The number of fused-ring (bicyclic) bond motifs is 2. The van der Waals surface area contributed by atoms with E-state index >= 15 is 0 Å². The molecule has 1 saturated carbocycles. The van der Waals surface area contributed by atoms with Gasteiger partial charge in [0.25, 0.3) is 0 Å². The Morgan fingerprint density at radius 2 is 1.90 bits per heavy atom. The summed E-state index contributed by atoms with van der Waals surface area (Å²) < 4.78 is 0. The Morgan fingerprint density at radius 3 is 2.57 bits per heavy atom. The summed E-state index contributed by atoms with van der Waals surface area (Å²) in [5, 5.41) is 0. The molecule has 2 aliphatic carbocycles. The summed E-state index contributed by atoms with van der Waals surface area (Å²) in [6, 6.07) is 4.22. The Balaban J connectivity index is 1.24. The maximum absolute atomic E-state index is 4.21. The van der Waals surface area contributed by atoms with Crippen LogP contribution in [-0.2, 0) is 6.54 Å². The Bertz CT molecular complexity index is 490. The van der Waals surface area contributed by atoms with Gasteiger partial charge in [0, 0.05) is 51.7 Å². The summed E-state index contributed by atoms with van der Waals surface area (Å²) in [5.74, 6) is 2.74. The van der Waals surface area contributed by atoms with Crippen LogP contribution in [0, 0.1) is 17.8 Å². The number of allylic oxidation sites excluding steroid dienone is 2. The number of pyridine rings is 1. The number of rotatable bonds is 4. The second-order valence-corrected chi connectivity index (χ2v) is 6.98. The molecule has 3 nitrogen and oxygen atoms in total. The Morgan fingerprint density at radius 1 is 1.05 bits per heavy atom. The van der Waals surface area contributed by atoms with Gasteiger partial charge < -0.3 is 4.90 Å². The molecule has 2 fully saturated rings. The molecule has 4 rings (SSSR count). The second-order valence-electron chi connectivity index (χ2n) is 6.98. The van der Waals surface area contributed by atoms with E-state index in [0.717, 1.165) is 24.3 Å². The fourth-order valence-electron chi connectivity index (χ4n) is 4.32. The summed E-state index contributed by atoms with van der Waals surface area (Å²) in [7, 11) is 0. The highest BCUT2D eigenvalue weighted by Crippen LogP contribution is 2.43. The fraction of sp³-hybridized carbons (Fsp3) is 0.611. The molecule has 0 spiro atoms. The largest absolute Gasteiger partial charge is 0.300 e. The van der Waals surface area contributed by atoms with Gasteiger partial charge in [-0.3, -0.25) is 9.88 Å². The Hall–Kier alpha value is -1.19. The molecule has 0 aromatic carbocycles. The Kier molecular flexibility index (Phi) is 3.78. The van der Waals surface area contributed by atoms with Crippen molar-refractivity contribution >= 4 is 0 Å². The lowest BCUT2D eigenvalue weighted by molar-refractivity contribution is 0.108. The van der Waals surface area contributed by atoms with Crippen LogP contribution >= 0.6 is 0 Å². The molecule has 112 valence electrons. The molecule has 0 amide bonds. The van der Waals surface area contributed by atoms with E-state index in [1.807, 2.05) is 18.5 Å². The Labute approximate surface area is 127 Å². The van der Waals surface area contributed by atoms with Gasteiger partial charge >= 0.3 is 0 Å². The standard InChI is InChI=1S/C18H25N3/c1-2-16(12-19-5-1)13-20-6-8-21(9-7-20)14-18-11-15-3-4-17(18)10-15/h1-5,12,15,17-18H,6-11,13-14H2/t15-,17-,18+/m0/s1. The maximum Gasteiger partial charge on any atom is 0.0312 e. The SMILES string of the molecule is C1=C[C@H]2C[C@H]1C[C@@H]2CN1CCN(Cc2cccnc2)CC1. The normalized spacial score (nSPS) is 32.9. The summed E-state index contributed by atoms with van der Waals surface area (Å²) in [6.45, 7) is 7.25. The molecule has 2 heterocycles. The van der Waals surface area contributed by atoms with E-state index in [0.29, 0.717) is 0 Å². The van der Waals surface area contributed by atoms with Crippen LogP contribution in [0.4, 0.5) is 0 Å². The second kappa shape index (κ2) is 5.90. The van der Waals surface area contributed by atoms with Crippen molar-refractivity contribution in [3.8, 4) is 0 Å². The minimum Gasteiger partial charge on any atom is -0.300 e. The van der Waals surface area contributed by atoms with Crippen molar-refractivity contribution in [1.82, 2.24) is 14.8 Å². The summed E-state index contributed by atoms with van der Waals surface area (Å²) >= 11 is 0. The van der Waals surface area contributed by atoms with E-state index in [1.54, 1.807) is 0 Å². The summed E-state index contributed by atoms with van der Waals surface area (Å²) in [4.78, 5) is 9.47. The van der Waals surface area contributed by atoms with Gasteiger partial charge in [-0.05, 0) is 42.2 Å². The van der Waals surface area contributed by atoms with Gasteiger partial charge in [-0.1, -0.05) is 18.2 Å². The van der Waals surface area contributed by atoms with Gasteiger partial charge in [0.1, 0.15) is 0 Å². The highest BCUT2D eigenvalue weighted by atomic mass is 15.3. The molecule has 0 N–H and O–H groups in total. The van der Waals surface area contributed by atoms with Crippen molar-refractivity contribution in [3.63, 3.8) is 0 Å². The zero-order chi connectivity index (χ0) is 14.1. The minimum absolute atomic E-state index is 0.892. The van der Waals surface area contributed by atoms with E-state index < -0.39 is 0 Å². The van der Waals surface area contributed by atoms with Gasteiger partial charge in [-0.25, -0.2) is 0 Å². The quantitative estimate of drug-likeness (QED) is 0.791. The van der Waals surface area contributed by atoms with Gasteiger partial charge in [0.15, 0.2) is 0 Å². The lowest BCUT2D eigenvalue weighted by atomic mass is 9.93. The van der Waals surface area contributed by atoms with Crippen molar-refractivity contribution in [2.75, 3.05) is 32.7 Å². The molecular formula is C18H25N3. The van der Waals surface area contributed by atoms with Crippen molar-refractivity contribution in [3.05, 3.63) is 42.2 Å². The van der Waals surface area contributed by atoms with Crippen molar-refractivity contribution in [2.24, 2.45) is 17.8 Å². The van der Waals surface area contributed by atoms with E-state index in [4.69, 9.17) is 0 Å². The first-order valence-electron chi connectivity index (χ1n) is 8.39. The smallest absolute Gasteiger partial charge is 0.0312 e. The van der Waals surface area contributed by atoms with Crippen LogP contribution in [0.3, 0.4) is 0 Å². The van der Waals surface area contributed by atoms with E-state index in [-0.39, 0.29) is 0 Å². The highest BCUT2D eigenvalue weighted by molar-refractivity contribution is 5.11. The molecular weight excluding hydrogens is 258 g/mol. The predicted octanol–water partition coefficient (Wildman–Crippen LogP) is 2.41. The average molecular weight is 283 g/mol. The third-order valence-electron chi connectivity index (χ3n) is 5.50.